The third-order valence-corrected chi connectivity index (χ3v) is 4.41. The first kappa shape index (κ1) is 14.4. The van der Waals surface area contributed by atoms with E-state index in [2.05, 4.69) is 5.73 Å². The second-order valence-electron chi connectivity index (χ2n) is 4.71. The molecular weight excluding hydrogens is 278 g/mol. The third kappa shape index (κ3) is 2.61. The Kier molecular flexibility index (Phi) is 3.70. The number of hydrogen-bond acceptors (Lipinski definition) is 4. The first-order valence-corrected chi connectivity index (χ1v) is 7.48. The molecule has 20 heavy (non-hydrogen) atoms. The van der Waals surface area contributed by atoms with Gasteiger partial charge >= 0.3 is 6.09 Å². The van der Waals surface area contributed by atoms with Gasteiger partial charge in [0.25, 0.3) is 10.0 Å². The van der Waals surface area contributed by atoms with Crippen molar-refractivity contribution in [1.82, 2.24) is 4.31 Å². The molecule has 1 fully saturated rings. The third-order valence-electron chi connectivity index (χ3n) is 2.70. The summed E-state index contributed by atoms with van der Waals surface area (Å²) >= 11 is 0. The highest BCUT2D eigenvalue weighted by molar-refractivity contribution is 7.89. The molecule has 0 radical (unpaired) electrons. The van der Waals surface area contributed by atoms with Crippen LogP contribution in [0.2, 0.25) is 0 Å². The molecular formula is C14H15NO4S. The van der Waals surface area contributed by atoms with E-state index in [1.165, 1.54) is 12.1 Å². The number of carbonyl (C=O) groups is 1. The largest absolute Gasteiger partial charge is 0.441 e. The van der Waals surface area contributed by atoms with Crippen LogP contribution in [0.5, 0.6) is 0 Å². The fourth-order valence-corrected chi connectivity index (χ4v) is 3.12. The van der Waals surface area contributed by atoms with Gasteiger partial charge in [-0.3, -0.25) is 0 Å². The molecule has 0 unspecified atom stereocenters. The fraction of sp³-hybridized carbons (Fsp3) is 0.286. The molecule has 1 aromatic rings. The minimum Gasteiger partial charge on any atom is -0.441 e. The van der Waals surface area contributed by atoms with Gasteiger partial charge in [-0.1, -0.05) is 23.4 Å². The van der Waals surface area contributed by atoms with Gasteiger partial charge in [-0.15, -0.1) is 0 Å². The van der Waals surface area contributed by atoms with Crippen LogP contribution in [0.15, 0.2) is 46.2 Å². The van der Waals surface area contributed by atoms with E-state index < -0.39 is 16.1 Å². The summed E-state index contributed by atoms with van der Waals surface area (Å²) in [5, 5.41) is 0. The number of aryl methyl sites for hydroxylation is 1. The van der Waals surface area contributed by atoms with Gasteiger partial charge in [-0.2, -0.15) is 4.31 Å². The van der Waals surface area contributed by atoms with E-state index in [1.807, 2.05) is 6.92 Å². The molecule has 1 aromatic carbocycles. The number of rotatable bonds is 2. The number of carbonyl (C=O) groups excluding carboxylic acids is 1. The Hall–Kier alpha value is -2.04. The van der Waals surface area contributed by atoms with Crippen molar-refractivity contribution in [2.75, 3.05) is 6.61 Å². The first-order chi connectivity index (χ1) is 9.32. The molecule has 0 atom stereocenters. The van der Waals surface area contributed by atoms with Crippen LogP contribution in [0.1, 0.15) is 19.4 Å². The maximum absolute atomic E-state index is 12.5. The van der Waals surface area contributed by atoms with Crippen molar-refractivity contribution >= 4 is 16.1 Å². The van der Waals surface area contributed by atoms with E-state index in [9.17, 15) is 13.2 Å². The smallest absolute Gasteiger partial charge is 0.429 e. The van der Waals surface area contributed by atoms with Gasteiger partial charge in [-0.05, 0) is 38.5 Å². The van der Waals surface area contributed by atoms with E-state index in [4.69, 9.17) is 4.74 Å². The molecule has 5 nitrogen and oxygen atoms in total. The predicted octanol–water partition coefficient (Wildman–Crippen LogP) is 2.58. The normalized spacial score (nSPS) is 15.1. The van der Waals surface area contributed by atoms with Crippen LogP contribution in [-0.2, 0) is 14.8 Å². The van der Waals surface area contributed by atoms with Gasteiger partial charge in [0.2, 0.25) is 0 Å². The Bertz CT molecular complexity index is 706. The topological polar surface area (TPSA) is 63.7 Å². The van der Waals surface area contributed by atoms with Crippen molar-refractivity contribution in [3.05, 3.63) is 46.8 Å². The molecule has 1 heterocycles. The lowest BCUT2D eigenvalue weighted by Crippen LogP contribution is -2.30. The van der Waals surface area contributed by atoms with Crippen molar-refractivity contribution in [2.45, 2.75) is 25.7 Å². The minimum atomic E-state index is -3.95. The number of amides is 1. The molecule has 1 aliphatic rings. The standard InChI is InChI=1S/C14H15NO4S/c1-10(2)8-12-9-19-14(16)15(12)20(17,18)13-6-4-11(3)5-7-13/h4-7H,9H2,1-3H3. The maximum Gasteiger partial charge on any atom is 0.429 e. The van der Waals surface area contributed by atoms with Gasteiger partial charge < -0.3 is 4.74 Å². The quantitative estimate of drug-likeness (QED) is 0.786. The highest BCUT2D eigenvalue weighted by Crippen LogP contribution is 2.25. The first-order valence-electron chi connectivity index (χ1n) is 6.04. The molecule has 6 heteroatoms. The van der Waals surface area contributed by atoms with Gasteiger partial charge in [-0.25, -0.2) is 13.2 Å². The zero-order valence-corrected chi connectivity index (χ0v) is 12.3. The van der Waals surface area contributed by atoms with Crippen LogP contribution in [0.25, 0.3) is 0 Å². The molecule has 0 spiro atoms. The summed E-state index contributed by atoms with van der Waals surface area (Å²) in [5.41, 5.74) is 4.75. The minimum absolute atomic E-state index is 0.0509. The molecule has 0 aromatic heterocycles. The number of benzene rings is 1. The molecule has 2 rings (SSSR count). The number of sulfonamides is 1. The zero-order valence-electron chi connectivity index (χ0n) is 11.5. The van der Waals surface area contributed by atoms with Gasteiger partial charge in [0.15, 0.2) is 0 Å². The van der Waals surface area contributed by atoms with Crippen molar-refractivity contribution in [3.63, 3.8) is 0 Å². The van der Waals surface area contributed by atoms with Crippen LogP contribution in [-0.4, -0.2) is 25.4 Å². The molecule has 106 valence electrons. The van der Waals surface area contributed by atoms with Crippen molar-refractivity contribution in [2.24, 2.45) is 0 Å². The Labute approximate surface area is 118 Å². The average Bonchev–Trinajstić information content (AvgIpc) is 2.70. The van der Waals surface area contributed by atoms with E-state index in [-0.39, 0.29) is 17.2 Å². The van der Waals surface area contributed by atoms with E-state index >= 15 is 0 Å². The Morgan fingerprint density at radius 3 is 2.40 bits per heavy atom. The summed E-state index contributed by atoms with van der Waals surface area (Å²) in [6.07, 6.45) is -0.894. The average molecular weight is 293 g/mol. The summed E-state index contributed by atoms with van der Waals surface area (Å²) < 4.78 is 30.5. The molecule has 0 bridgehead atoms. The summed E-state index contributed by atoms with van der Waals surface area (Å²) in [5.74, 6) is 0. The van der Waals surface area contributed by atoms with Crippen LogP contribution in [0.3, 0.4) is 0 Å². The number of nitrogens with zero attached hydrogens (tertiary/aromatic N) is 1. The summed E-state index contributed by atoms with van der Waals surface area (Å²) in [6, 6.07) is 6.30. The maximum atomic E-state index is 12.5. The highest BCUT2D eigenvalue weighted by Gasteiger charge is 2.39. The lowest BCUT2D eigenvalue weighted by Gasteiger charge is -2.14. The molecule has 1 aliphatic heterocycles. The molecule has 1 amide bonds. The summed E-state index contributed by atoms with van der Waals surface area (Å²) in [6.45, 7) is 5.31. The second kappa shape index (κ2) is 5.15. The molecule has 1 saturated heterocycles. The van der Waals surface area contributed by atoms with Crippen molar-refractivity contribution in [1.29, 1.82) is 0 Å². The molecule has 0 aliphatic carbocycles. The van der Waals surface area contributed by atoms with Crippen LogP contribution in [0, 0.1) is 6.92 Å². The van der Waals surface area contributed by atoms with E-state index in [1.54, 1.807) is 26.0 Å². The number of ether oxygens (including phenoxy) is 1. The van der Waals surface area contributed by atoms with Crippen LogP contribution in [0.4, 0.5) is 4.79 Å². The Morgan fingerprint density at radius 2 is 1.85 bits per heavy atom. The van der Waals surface area contributed by atoms with Crippen LogP contribution >= 0.6 is 0 Å². The van der Waals surface area contributed by atoms with Crippen molar-refractivity contribution in [3.8, 4) is 0 Å². The Balaban J connectivity index is 2.55. The highest BCUT2D eigenvalue weighted by atomic mass is 32.2. The lowest BCUT2D eigenvalue weighted by molar-refractivity contribution is 0.170. The summed E-state index contributed by atoms with van der Waals surface area (Å²) in [7, 11) is -3.95. The molecule has 0 N–H and O–H groups in total. The van der Waals surface area contributed by atoms with Crippen LogP contribution < -0.4 is 0 Å². The van der Waals surface area contributed by atoms with Crippen molar-refractivity contribution < 1.29 is 17.9 Å². The van der Waals surface area contributed by atoms with E-state index in [0.717, 1.165) is 11.1 Å². The SMILES string of the molecule is CC(C)=C=C1COC(=O)N1S(=O)(=O)c1ccc(C)cc1. The van der Waals surface area contributed by atoms with Gasteiger partial charge in [0, 0.05) is 0 Å². The van der Waals surface area contributed by atoms with Gasteiger partial charge in [0.05, 0.1) is 4.90 Å². The lowest BCUT2D eigenvalue weighted by atomic mass is 10.2. The predicted molar refractivity (Wildman–Crippen MR) is 73.4 cm³/mol. The number of hydrogen-bond donors (Lipinski definition) is 0. The monoisotopic (exact) mass is 293 g/mol. The zero-order chi connectivity index (χ0) is 14.9. The van der Waals surface area contributed by atoms with Gasteiger partial charge in [0.1, 0.15) is 12.3 Å². The second-order valence-corrected chi connectivity index (χ2v) is 6.50. The summed E-state index contributed by atoms with van der Waals surface area (Å²) in [4.78, 5) is 11.8. The fourth-order valence-electron chi connectivity index (χ4n) is 1.79. The number of cyclic esters (lactones) is 1. The van der Waals surface area contributed by atoms with E-state index in [0.29, 0.717) is 4.31 Å². The molecule has 0 saturated carbocycles. The Morgan fingerprint density at radius 1 is 1.25 bits per heavy atom.